The summed E-state index contributed by atoms with van der Waals surface area (Å²) in [5, 5.41) is 4.44. The molecule has 0 bridgehead atoms. The molecule has 0 radical (unpaired) electrons. The van der Waals surface area contributed by atoms with Crippen molar-refractivity contribution in [3.63, 3.8) is 0 Å². The number of para-hydroxylation sites is 1. The number of H-pyrrole nitrogens is 1. The van der Waals surface area contributed by atoms with E-state index in [2.05, 4.69) is 109 Å². The summed E-state index contributed by atoms with van der Waals surface area (Å²) >= 11 is 1.43. The van der Waals surface area contributed by atoms with Gasteiger partial charge in [-0.25, -0.2) is 0 Å². The molecule has 0 saturated carbocycles. The first-order chi connectivity index (χ1) is 19.5. The first-order valence-electron chi connectivity index (χ1n) is 14.4. The third kappa shape index (κ3) is 10.6. The molecule has 0 fully saturated rings. The number of rotatable bonds is 16. The van der Waals surface area contributed by atoms with E-state index in [1.54, 1.807) is 0 Å². The number of aromatic amines is 1. The van der Waals surface area contributed by atoms with Crippen LogP contribution in [0.15, 0.2) is 54.7 Å². The Hall–Kier alpha value is -2.59. The van der Waals surface area contributed by atoms with E-state index < -0.39 is 8.32 Å². The summed E-state index contributed by atoms with van der Waals surface area (Å²) in [7, 11) is -0.435. The second-order valence-electron chi connectivity index (χ2n) is 12.0. The van der Waals surface area contributed by atoms with Gasteiger partial charge in [0.1, 0.15) is 0 Å². The van der Waals surface area contributed by atoms with E-state index in [9.17, 15) is 9.59 Å². The minimum atomic E-state index is -1.81. The molecule has 1 amide bonds. The standard InChI is InChI=1S/C32H47N3O4SSi/c1-32(2,3)41(5,6)39-19-18-35(17-15-27-22-33-29-10-8-7-9-28(27)29)23-26-13-11-25(12-14-26)21-34-30(36)24-40-20-16-31(37)38-4/h7-14,22,33H,15-21,23-24H2,1-6H3,(H,34,36). The Kier molecular flexibility index (Phi) is 12.5. The van der Waals surface area contributed by atoms with Gasteiger partial charge in [-0.3, -0.25) is 14.5 Å². The first-order valence-corrected chi connectivity index (χ1v) is 18.4. The van der Waals surface area contributed by atoms with Crippen LogP contribution in [-0.4, -0.2) is 68.4 Å². The topological polar surface area (TPSA) is 83.7 Å². The zero-order chi connectivity index (χ0) is 29.9. The summed E-state index contributed by atoms with van der Waals surface area (Å²) in [5.41, 5.74) is 4.82. The fraction of sp³-hybridized carbons (Fsp3) is 0.500. The van der Waals surface area contributed by atoms with E-state index in [4.69, 9.17) is 4.43 Å². The highest BCUT2D eigenvalue weighted by Gasteiger charge is 2.37. The van der Waals surface area contributed by atoms with Gasteiger partial charge in [0.25, 0.3) is 0 Å². The van der Waals surface area contributed by atoms with Gasteiger partial charge in [0.2, 0.25) is 5.91 Å². The predicted octanol–water partition coefficient (Wildman–Crippen LogP) is 6.15. The monoisotopic (exact) mass is 597 g/mol. The first kappa shape index (κ1) is 32.9. The summed E-state index contributed by atoms with van der Waals surface area (Å²) < 4.78 is 11.1. The molecule has 0 aliphatic carbocycles. The molecule has 0 aliphatic heterocycles. The minimum absolute atomic E-state index is 0.0332. The number of benzene rings is 2. The van der Waals surface area contributed by atoms with E-state index in [1.165, 1.54) is 40.9 Å². The molecule has 0 atom stereocenters. The van der Waals surface area contributed by atoms with Crippen molar-refractivity contribution in [2.75, 3.05) is 38.3 Å². The van der Waals surface area contributed by atoms with Crippen LogP contribution < -0.4 is 5.32 Å². The van der Waals surface area contributed by atoms with Crippen LogP contribution in [0.25, 0.3) is 10.9 Å². The summed E-state index contributed by atoms with van der Waals surface area (Å²) in [4.78, 5) is 29.2. The molecule has 0 spiro atoms. The third-order valence-corrected chi connectivity index (χ3v) is 13.4. The van der Waals surface area contributed by atoms with Crippen LogP contribution in [0.4, 0.5) is 0 Å². The van der Waals surface area contributed by atoms with E-state index in [0.29, 0.717) is 24.5 Å². The lowest BCUT2D eigenvalue weighted by Crippen LogP contribution is -2.43. The molecule has 3 rings (SSSR count). The van der Waals surface area contributed by atoms with Gasteiger partial charge >= 0.3 is 5.97 Å². The lowest BCUT2D eigenvalue weighted by atomic mass is 10.1. The van der Waals surface area contributed by atoms with Crippen LogP contribution in [0.1, 0.15) is 43.9 Å². The molecule has 224 valence electrons. The molecule has 2 N–H and O–H groups in total. The normalized spacial score (nSPS) is 12.2. The van der Waals surface area contributed by atoms with Gasteiger partial charge in [-0.05, 0) is 47.3 Å². The number of hydrogen-bond acceptors (Lipinski definition) is 6. The maximum absolute atomic E-state index is 12.2. The molecule has 1 heterocycles. The number of carbonyl (C=O) groups is 2. The maximum atomic E-state index is 12.2. The smallest absolute Gasteiger partial charge is 0.306 e. The predicted molar refractivity (Wildman–Crippen MR) is 173 cm³/mol. The van der Waals surface area contributed by atoms with Gasteiger partial charge in [-0.1, -0.05) is 63.2 Å². The van der Waals surface area contributed by atoms with Gasteiger partial charge in [0.15, 0.2) is 8.32 Å². The average molecular weight is 598 g/mol. The van der Waals surface area contributed by atoms with Crippen molar-refractivity contribution in [2.24, 2.45) is 0 Å². The highest BCUT2D eigenvalue weighted by atomic mass is 32.2. The maximum Gasteiger partial charge on any atom is 0.306 e. The van der Waals surface area contributed by atoms with Gasteiger partial charge in [-0.15, -0.1) is 0 Å². The summed E-state index contributed by atoms with van der Waals surface area (Å²) in [5.74, 6) is 0.621. The van der Waals surface area contributed by atoms with Crippen LogP contribution in [0, 0.1) is 0 Å². The summed E-state index contributed by atoms with van der Waals surface area (Å²) in [6.07, 6.45) is 3.42. The van der Waals surface area contributed by atoms with E-state index in [0.717, 1.165) is 38.2 Å². The van der Waals surface area contributed by atoms with Crippen molar-refractivity contribution >= 4 is 42.9 Å². The van der Waals surface area contributed by atoms with Gasteiger partial charge in [-0.2, -0.15) is 11.8 Å². The number of nitrogens with zero attached hydrogens (tertiary/aromatic N) is 1. The number of ether oxygens (including phenoxy) is 1. The lowest BCUT2D eigenvalue weighted by Gasteiger charge is -2.37. The molecule has 0 saturated heterocycles. The number of hydrogen-bond donors (Lipinski definition) is 2. The molecule has 2 aromatic carbocycles. The molecule has 1 aromatic heterocycles. The second-order valence-corrected chi connectivity index (χ2v) is 17.9. The van der Waals surface area contributed by atoms with Crippen molar-refractivity contribution in [3.05, 3.63) is 71.4 Å². The summed E-state index contributed by atoms with van der Waals surface area (Å²) in [6, 6.07) is 16.9. The molecule has 41 heavy (non-hydrogen) atoms. The number of esters is 1. The largest absolute Gasteiger partial charge is 0.469 e. The summed E-state index contributed by atoms with van der Waals surface area (Å²) in [6.45, 7) is 15.3. The molecular formula is C32H47N3O4SSi. The third-order valence-electron chi connectivity index (χ3n) is 7.88. The van der Waals surface area contributed by atoms with Gasteiger partial charge in [0.05, 0.1) is 19.3 Å². The second kappa shape index (κ2) is 15.6. The zero-order valence-corrected chi connectivity index (χ0v) is 27.4. The number of amides is 1. The quantitative estimate of drug-likeness (QED) is 0.117. The van der Waals surface area contributed by atoms with Crippen molar-refractivity contribution in [2.45, 2.75) is 64.8 Å². The highest BCUT2D eigenvalue weighted by Crippen LogP contribution is 2.36. The van der Waals surface area contributed by atoms with Crippen molar-refractivity contribution in [1.29, 1.82) is 0 Å². The van der Waals surface area contributed by atoms with Crippen molar-refractivity contribution < 1.29 is 18.8 Å². The van der Waals surface area contributed by atoms with Crippen LogP contribution in [0.5, 0.6) is 0 Å². The molecule has 0 aliphatic rings. The van der Waals surface area contributed by atoms with E-state index in [1.807, 2.05) is 0 Å². The fourth-order valence-electron chi connectivity index (χ4n) is 4.23. The van der Waals surface area contributed by atoms with Crippen LogP contribution in [0.2, 0.25) is 18.1 Å². The average Bonchev–Trinajstić information content (AvgIpc) is 3.35. The Morgan fingerprint density at radius 3 is 2.44 bits per heavy atom. The van der Waals surface area contributed by atoms with E-state index >= 15 is 0 Å². The number of nitrogens with one attached hydrogen (secondary N) is 2. The van der Waals surface area contributed by atoms with Crippen molar-refractivity contribution in [1.82, 2.24) is 15.2 Å². The molecule has 3 aromatic rings. The Bertz CT molecular complexity index is 1250. The Morgan fingerprint density at radius 2 is 1.73 bits per heavy atom. The SMILES string of the molecule is COC(=O)CCSCC(=O)NCc1ccc(CN(CCO[Si](C)(C)C(C)(C)C)CCc2c[nH]c3ccccc23)cc1. The number of thioether (sulfide) groups is 1. The minimum Gasteiger partial charge on any atom is -0.469 e. The Balaban J connectivity index is 1.55. The Morgan fingerprint density at radius 1 is 1.02 bits per heavy atom. The van der Waals surface area contributed by atoms with Crippen LogP contribution >= 0.6 is 11.8 Å². The lowest BCUT2D eigenvalue weighted by molar-refractivity contribution is -0.140. The highest BCUT2D eigenvalue weighted by molar-refractivity contribution is 7.99. The molecule has 9 heteroatoms. The molecular weight excluding hydrogens is 551 g/mol. The van der Waals surface area contributed by atoms with Crippen LogP contribution in [-0.2, 0) is 38.3 Å². The van der Waals surface area contributed by atoms with Crippen molar-refractivity contribution in [3.8, 4) is 0 Å². The number of fused-ring (bicyclic) bond motifs is 1. The fourth-order valence-corrected chi connectivity index (χ4v) is 6.01. The van der Waals surface area contributed by atoms with Gasteiger partial charge in [0, 0.05) is 55.6 Å². The van der Waals surface area contributed by atoms with Crippen LogP contribution in [0.3, 0.4) is 0 Å². The van der Waals surface area contributed by atoms with E-state index in [-0.39, 0.29) is 16.9 Å². The number of methoxy groups -OCH3 is 1. The Labute approximate surface area is 250 Å². The zero-order valence-electron chi connectivity index (χ0n) is 25.5. The number of carbonyl (C=O) groups excluding carboxylic acids is 2. The van der Waals surface area contributed by atoms with Gasteiger partial charge < -0.3 is 19.5 Å². The number of aromatic nitrogens is 1. The molecule has 7 nitrogen and oxygen atoms in total. The molecule has 0 unspecified atom stereocenters.